The average molecular weight is 286 g/mol. The highest BCUT2D eigenvalue weighted by atomic mass is 16.5. The van der Waals surface area contributed by atoms with E-state index in [-0.39, 0.29) is 0 Å². The molecule has 0 saturated heterocycles. The van der Waals surface area contributed by atoms with Crippen LogP contribution in [0.3, 0.4) is 0 Å². The molecule has 1 unspecified atom stereocenters. The molecule has 1 aliphatic carbocycles. The predicted octanol–water partition coefficient (Wildman–Crippen LogP) is 0.881. The van der Waals surface area contributed by atoms with Gasteiger partial charge in [0.15, 0.2) is 0 Å². The molecule has 0 spiro atoms. The number of urea groups is 1. The molecule has 0 aromatic carbocycles. The molecule has 20 heavy (non-hydrogen) atoms. The zero-order valence-electron chi connectivity index (χ0n) is 12.1. The number of hydrogen-bond donors (Lipinski definition) is 3. The van der Waals surface area contributed by atoms with Crippen molar-refractivity contribution in [2.45, 2.75) is 51.1 Å². The van der Waals surface area contributed by atoms with Crippen LogP contribution in [0.4, 0.5) is 4.79 Å². The quantitative estimate of drug-likeness (QED) is 0.665. The highest BCUT2D eigenvalue weighted by molar-refractivity contribution is 5.88. The maximum absolute atomic E-state index is 11.8. The number of nitrogens with one attached hydrogen (secondary N) is 2. The van der Waals surface area contributed by atoms with Gasteiger partial charge in [-0.3, -0.25) is 0 Å². The minimum Gasteiger partial charge on any atom is -0.480 e. The highest BCUT2D eigenvalue weighted by Crippen LogP contribution is 2.32. The van der Waals surface area contributed by atoms with Gasteiger partial charge in [0, 0.05) is 0 Å². The van der Waals surface area contributed by atoms with E-state index in [1.54, 1.807) is 0 Å². The number of esters is 1. The number of carboxylic acid groups (broad SMARTS) is 1. The van der Waals surface area contributed by atoms with Gasteiger partial charge in [0.2, 0.25) is 0 Å². The summed E-state index contributed by atoms with van der Waals surface area (Å²) in [5.74, 6) is -1.16. The lowest BCUT2D eigenvalue weighted by atomic mass is 9.77. The van der Waals surface area contributed by atoms with Crippen LogP contribution in [0.5, 0.6) is 0 Å². The third-order valence-corrected chi connectivity index (χ3v) is 3.79. The summed E-state index contributed by atoms with van der Waals surface area (Å²) >= 11 is 0. The van der Waals surface area contributed by atoms with E-state index in [0.717, 1.165) is 12.8 Å². The topological polar surface area (TPSA) is 105 Å². The number of methoxy groups -OCH3 is 1. The van der Waals surface area contributed by atoms with E-state index in [0.29, 0.717) is 18.8 Å². The largest absolute Gasteiger partial charge is 0.480 e. The van der Waals surface area contributed by atoms with Crippen LogP contribution in [-0.4, -0.2) is 41.8 Å². The standard InChI is InChI=1S/C13H22N2O5/c1-8-4-6-13(7-5-8,11(17)18)15-12(19)14-9(2)10(16)20-3/h8-9H,4-7H2,1-3H3,(H,17,18)(H2,14,15,19). The number of ether oxygens (including phenoxy) is 1. The lowest BCUT2D eigenvalue weighted by Gasteiger charge is -2.36. The van der Waals surface area contributed by atoms with Crippen LogP contribution in [0.2, 0.25) is 0 Å². The summed E-state index contributed by atoms with van der Waals surface area (Å²) in [6, 6.07) is -1.49. The van der Waals surface area contributed by atoms with Crippen molar-refractivity contribution < 1.29 is 24.2 Å². The molecule has 1 saturated carbocycles. The van der Waals surface area contributed by atoms with Crippen molar-refractivity contribution in [1.82, 2.24) is 10.6 Å². The molecule has 0 radical (unpaired) electrons. The SMILES string of the molecule is COC(=O)C(C)NC(=O)NC1(C(=O)O)CCC(C)CC1. The molecule has 0 aliphatic heterocycles. The molecule has 1 rings (SSSR count). The van der Waals surface area contributed by atoms with Crippen molar-refractivity contribution in [2.24, 2.45) is 5.92 Å². The number of amides is 2. The molecule has 2 amide bonds. The summed E-state index contributed by atoms with van der Waals surface area (Å²) in [6.45, 7) is 3.53. The van der Waals surface area contributed by atoms with Crippen molar-refractivity contribution >= 4 is 18.0 Å². The number of rotatable bonds is 4. The summed E-state index contributed by atoms with van der Waals surface area (Å²) in [7, 11) is 1.22. The van der Waals surface area contributed by atoms with E-state index in [1.807, 2.05) is 0 Å². The number of carbonyl (C=O) groups is 3. The van der Waals surface area contributed by atoms with Gasteiger partial charge < -0.3 is 20.5 Å². The molecule has 1 atom stereocenters. The van der Waals surface area contributed by atoms with Gasteiger partial charge >= 0.3 is 18.0 Å². The maximum Gasteiger partial charge on any atom is 0.329 e. The highest BCUT2D eigenvalue weighted by Gasteiger charge is 2.42. The zero-order chi connectivity index (χ0) is 15.3. The van der Waals surface area contributed by atoms with Crippen molar-refractivity contribution in [1.29, 1.82) is 0 Å². The van der Waals surface area contributed by atoms with Crippen LogP contribution >= 0.6 is 0 Å². The normalized spacial score (nSPS) is 27.2. The monoisotopic (exact) mass is 286 g/mol. The number of aliphatic carboxylic acids is 1. The lowest BCUT2D eigenvalue weighted by molar-refractivity contribution is -0.146. The van der Waals surface area contributed by atoms with Gasteiger partial charge in [-0.2, -0.15) is 0 Å². The Labute approximate surface area is 118 Å². The Balaban J connectivity index is 2.65. The van der Waals surface area contributed by atoms with Gasteiger partial charge in [-0.15, -0.1) is 0 Å². The molecule has 7 heteroatoms. The molecule has 0 heterocycles. The second-order valence-electron chi connectivity index (χ2n) is 5.41. The van der Waals surface area contributed by atoms with Crippen LogP contribution in [0.1, 0.15) is 39.5 Å². The van der Waals surface area contributed by atoms with Gasteiger partial charge in [-0.1, -0.05) is 6.92 Å². The van der Waals surface area contributed by atoms with Crippen LogP contribution in [-0.2, 0) is 14.3 Å². The van der Waals surface area contributed by atoms with E-state index in [2.05, 4.69) is 22.3 Å². The minimum absolute atomic E-state index is 0.392. The fourth-order valence-electron chi connectivity index (χ4n) is 2.33. The van der Waals surface area contributed by atoms with Crippen molar-refractivity contribution in [2.75, 3.05) is 7.11 Å². The molecule has 1 aliphatic rings. The Morgan fingerprint density at radius 2 is 1.85 bits per heavy atom. The van der Waals surface area contributed by atoms with Crippen molar-refractivity contribution in [3.8, 4) is 0 Å². The fraction of sp³-hybridized carbons (Fsp3) is 0.769. The molecule has 0 bridgehead atoms. The first kappa shape index (κ1) is 16.3. The summed E-state index contributed by atoms with van der Waals surface area (Å²) in [5.41, 5.74) is -1.24. The summed E-state index contributed by atoms with van der Waals surface area (Å²) in [5, 5.41) is 14.3. The van der Waals surface area contributed by atoms with Crippen LogP contribution in [0.25, 0.3) is 0 Å². The van der Waals surface area contributed by atoms with Crippen LogP contribution in [0.15, 0.2) is 0 Å². The third kappa shape index (κ3) is 3.85. The van der Waals surface area contributed by atoms with Crippen molar-refractivity contribution in [3.63, 3.8) is 0 Å². The molecule has 3 N–H and O–H groups in total. The number of carbonyl (C=O) groups excluding carboxylic acids is 2. The molecule has 0 aromatic rings. The number of hydrogen-bond acceptors (Lipinski definition) is 4. The molecular formula is C13H22N2O5. The average Bonchev–Trinajstić information content (AvgIpc) is 2.40. The summed E-state index contributed by atoms with van der Waals surface area (Å²) in [6.07, 6.45) is 2.28. The molecule has 114 valence electrons. The first-order valence-electron chi connectivity index (χ1n) is 6.70. The molecular weight excluding hydrogens is 264 g/mol. The van der Waals surface area contributed by atoms with E-state index < -0.39 is 29.6 Å². The van der Waals surface area contributed by atoms with Crippen LogP contribution < -0.4 is 10.6 Å². The van der Waals surface area contributed by atoms with E-state index >= 15 is 0 Å². The Morgan fingerprint density at radius 1 is 1.30 bits per heavy atom. The van der Waals surface area contributed by atoms with Gasteiger partial charge in [-0.25, -0.2) is 14.4 Å². The molecule has 7 nitrogen and oxygen atoms in total. The summed E-state index contributed by atoms with van der Waals surface area (Å²) in [4.78, 5) is 34.5. The van der Waals surface area contributed by atoms with Crippen LogP contribution in [0, 0.1) is 5.92 Å². The first-order chi connectivity index (χ1) is 9.30. The lowest BCUT2D eigenvalue weighted by Crippen LogP contribution is -2.60. The van der Waals surface area contributed by atoms with Gasteiger partial charge in [-0.05, 0) is 38.5 Å². The maximum atomic E-state index is 11.8. The van der Waals surface area contributed by atoms with E-state index in [9.17, 15) is 19.5 Å². The second-order valence-corrected chi connectivity index (χ2v) is 5.41. The van der Waals surface area contributed by atoms with Gasteiger partial charge in [0.25, 0.3) is 0 Å². The first-order valence-corrected chi connectivity index (χ1v) is 6.70. The third-order valence-electron chi connectivity index (χ3n) is 3.79. The smallest absolute Gasteiger partial charge is 0.329 e. The Morgan fingerprint density at radius 3 is 2.30 bits per heavy atom. The fourth-order valence-corrected chi connectivity index (χ4v) is 2.33. The number of carboxylic acids is 1. The van der Waals surface area contributed by atoms with E-state index in [1.165, 1.54) is 14.0 Å². The molecule has 1 fully saturated rings. The van der Waals surface area contributed by atoms with Gasteiger partial charge in [0.1, 0.15) is 11.6 Å². The van der Waals surface area contributed by atoms with Gasteiger partial charge in [0.05, 0.1) is 7.11 Å². The second kappa shape index (κ2) is 6.58. The minimum atomic E-state index is -1.24. The predicted molar refractivity (Wildman–Crippen MR) is 71.1 cm³/mol. The molecule has 0 aromatic heterocycles. The van der Waals surface area contributed by atoms with E-state index in [4.69, 9.17) is 0 Å². The summed E-state index contributed by atoms with van der Waals surface area (Å²) < 4.78 is 4.49. The Kier molecular flexibility index (Phi) is 5.35. The van der Waals surface area contributed by atoms with Crippen molar-refractivity contribution in [3.05, 3.63) is 0 Å². The Bertz CT molecular complexity index is 388. The zero-order valence-corrected chi connectivity index (χ0v) is 12.1. The Hall–Kier alpha value is -1.79.